The molecule has 2 atom stereocenters. The van der Waals surface area contributed by atoms with Gasteiger partial charge in [0.2, 0.25) is 0 Å². The first-order chi connectivity index (χ1) is 11.6. The Kier molecular flexibility index (Phi) is 4.11. The topological polar surface area (TPSA) is 70.6 Å². The summed E-state index contributed by atoms with van der Waals surface area (Å²) in [5.41, 5.74) is 3.66. The molecule has 2 heterocycles. The number of hydrogen-bond donors (Lipinski definition) is 3. The first kappa shape index (κ1) is 16.1. The zero-order valence-corrected chi connectivity index (χ0v) is 14.2. The zero-order chi connectivity index (χ0) is 16.7. The Hall–Kier alpha value is -1.43. The lowest BCUT2D eigenvalue weighted by molar-refractivity contribution is 0.0535. The molecule has 0 aromatic heterocycles. The number of benzene rings is 1. The largest absolute Gasteiger partial charge is 0.457 e. The molecule has 0 radical (unpaired) electrons. The number of carbonyl (C=O) groups excluding carboxylic acids is 1. The lowest BCUT2D eigenvalue weighted by Gasteiger charge is -2.48. The van der Waals surface area contributed by atoms with Crippen molar-refractivity contribution < 1.29 is 14.6 Å². The van der Waals surface area contributed by atoms with Crippen LogP contribution in [0, 0.1) is 12.8 Å². The average Bonchev–Trinajstić information content (AvgIpc) is 3.18. The van der Waals surface area contributed by atoms with Gasteiger partial charge in [0.05, 0.1) is 11.7 Å². The molecule has 4 rings (SSSR count). The van der Waals surface area contributed by atoms with E-state index in [1.165, 1.54) is 25.7 Å². The lowest BCUT2D eigenvalue weighted by Crippen LogP contribution is -2.57. The van der Waals surface area contributed by atoms with E-state index in [1.54, 1.807) is 6.07 Å². The average molecular weight is 330 g/mol. The van der Waals surface area contributed by atoms with Gasteiger partial charge in [-0.05, 0) is 68.8 Å². The van der Waals surface area contributed by atoms with E-state index < -0.39 is 6.10 Å². The molecular weight excluding hydrogens is 304 g/mol. The van der Waals surface area contributed by atoms with Gasteiger partial charge in [0.1, 0.15) is 6.61 Å². The molecule has 24 heavy (non-hydrogen) atoms. The Morgan fingerprint density at radius 1 is 1.46 bits per heavy atom. The summed E-state index contributed by atoms with van der Waals surface area (Å²) < 4.78 is 5.10. The minimum Gasteiger partial charge on any atom is -0.457 e. The molecule has 3 aliphatic rings. The number of nitrogens with one attached hydrogen (secondary N) is 2. The third-order valence-electron chi connectivity index (χ3n) is 6.30. The number of aliphatic hydroxyl groups excluding tert-OH is 1. The fourth-order valence-corrected chi connectivity index (χ4v) is 4.55. The van der Waals surface area contributed by atoms with Crippen molar-refractivity contribution >= 4 is 5.97 Å². The van der Waals surface area contributed by atoms with Crippen LogP contribution in [0.5, 0.6) is 0 Å². The van der Waals surface area contributed by atoms with Gasteiger partial charge in [-0.15, -0.1) is 0 Å². The second kappa shape index (κ2) is 6.14. The van der Waals surface area contributed by atoms with Crippen molar-refractivity contribution in [1.29, 1.82) is 0 Å². The van der Waals surface area contributed by atoms with Gasteiger partial charge in [0, 0.05) is 17.6 Å². The van der Waals surface area contributed by atoms with Crippen LogP contribution in [0.1, 0.15) is 58.8 Å². The first-order valence-electron chi connectivity index (χ1n) is 9.04. The van der Waals surface area contributed by atoms with Crippen molar-refractivity contribution in [2.24, 2.45) is 5.92 Å². The maximum Gasteiger partial charge on any atom is 0.338 e. The van der Waals surface area contributed by atoms with E-state index in [-0.39, 0.29) is 11.5 Å². The first-order valence-corrected chi connectivity index (χ1v) is 9.04. The van der Waals surface area contributed by atoms with Gasteiger partial charge in [0.25, 0.3) is 0 Å². The van der Waals surface area contributed by atoms with E-state index in [2.05, 4.69) is 10.6 Å². The molecule has 5 nitrogen and oxygen atoms in total. The number of ether oxygens (including phenoxy) is 1. The van der Waals surface area contributed by atoms with E-state index >= 15 is 0 Å². The predicted octanol–water partition coefficient (Wildman–Crippen LogP) is 1.82. The summed E-state index contributed by atoms with van der Waals surface area (Å²) in [6.45, 7) is 5.05. The van der Waals surface area contributed by atoms with Crippen LogP contribution in [0.15, 0.2) is 12.1 Å². The highest BCUT2D eigenvalue weighted by atomic mass is 16.5. The fourth-order valence-electron chi connectivity index (χ4n) is 4.55. The van der Waals surface area contributed by atoms with Crippen molar-refractivity contribution in [2.45, 2.75) is 50.9 Å². The van der Waals surface area contributed by atoms with E-state index in [4.69, 9.17) is 4.74 Å². The monoisotopic (exact) mass is 330 g/mol. The maximum atomic E-state index is 11.6. The molecule has 2 aliphatic heterocycles. The van der Waals surface area contributed by atoms with Gasteiger partial charge in [-0.1, -0.05) is 6.07 Å². The highest BCUT2D eigenvalue weighted by Crippen LogP contribution is 2.41. The number of β-amino-alcohol motifs (C(OH)–C–C–N with tert-alkyl or cyclic N) is 1. The number of cyclic esters (lactones) is 1. The van der Waals surface area contributed by atoms with Crippen LogP contribution >= 0.6 is 0 Å². The van der Waals surface area contributed by atoms with Crippen LogP contribution < -0.4 is 10.6 Å². The molecule has 5 heteroatoms. The van der Waals surface area contributed by atoms with E-state index in [9.17, 15) is 9.90 Å². The molecule has 0 spiro atoms. The van der Waals surface area contributed by atoms with E-state index in [0.717, 1.165) is 29.8 Å². The Morgan fingerprint density at radius 2 is 2.29 bits per heavy atom. The second-order valence-corrected chi connectivity index (χ2v) is 7.48. The number of carbonyl (C=O) groups is 1. The minimum absolute atomic E-state index is 0.203. The van der Waals surface area contributed by atoms with Gasteiger partial charge < -0.3 is 20.5 Å². The number of hydrogen-bond acceptors (Lipinski definition) is 5. The molecule has 1 saturated carbocycles. The Labute approximate surface area is 142 Å². The Bertz CT molecular complexity index is 648. The Balaban J connectivity index is 1.47. The van der Waals surface area contributed by atoms with Crippen molar-refractivity contribution in [2.75, 3.05) is 19.6 Å². The van der Waals surface area contributed by atoms with Crippen LogP contribution in [0.2, 0.25) is 0 Å². The summed E-state index contributed by atoms with van der Waals surface area (Å²) >= 11 is 0. The highest BCUT2D eigenvalue weighted by Gasteiger charge is 2.44. The van der Waals surface area contributed by atoms with Crippen LogP contribution in [0.4, 0.5) is 0 Å². The number of rotatable bonds is 5. The van der Waals surface area contributed by atoms with Crippen LogP contribution in [-0.4, -0.2) is 36.2 Å². The fraction of sp³-hybridized carbons (Fsp3) is 0.632. The van der Waals surface area contributed by atoms with Crippen molar-refractivity contribution in [3.63, 3.8) is 0 Å². The minimum atomic E-state index is -0.558. The molecule has 1 saturated heterocycles. The number of fused-ring (bicyclic) bond motifs is 1. The molecule has 0 amide bonds. The standard InChI is InChI=1S/C19H26N2O3/c1-12-14(3-4-15-16(12)11-24-18(15)23)17(22)10-21-19(6-2-7-19)13-5-8-20-9-13/h3-4,13,17,20-22H,2,5-11H2,1H3/t13?,17-/m0/s1. The van der Waals surface area contributed by atoms with Crippen LogP contribution in [0.25, 0.3) is 0 Å². The summed E-state index contributed by atoms with van der Waals surface area (Å²) in [6, 6.07) is 3.66. The lowest BCUT2D eigenvalue weighted by atomic mass is 9.67. The normalized spacial score (nSPS) is 25.9. The van der Waals surface area contributed by atoms with Gasteiger partial charge in [-0.3, -0.25) is 0 Å². The van der Waals surface area contributed by atoms with Crippen molar-refractivity contribution in [3.05, 3.63) is 34.4 Å². The van der Waals surface area contributed by atoms with Gasteiger partial charge >= 0.3 is 5.97 Å². The van der Waals surface area contributed by atoms with Gasteiger partial charge in [-0.25, -0.2) is 4.79 Å². The SMILES string of the molecule is Cc1c([C@@H](O)CNC2(C3CCNC3)CCC2)ccc2c1COC2=O. The molecule has 1 aromatic carbocycles. The third kappa shape index (κ3) is 2.55. The van der Waals surface area contributed by atoms with E-state index in [0.29, 0.717) is 24.6 Å². The summed E-state index contributed by atoms with van der Waals surface area (Å²) in [7, 11) is 0. The summed E-state index contributed by atoms with van der Waals surface area (Å²) in [4.78, 5) is 11.6. The number of esters is 1. The Morgan fingerprint density at radius 3 is 2.96 bits per heavy atom. The van der Waals surface area contributed by atoms with Crippen LogP contribution in [-0.2, 0) is 11.3 Å². The summed E-state index contributed by atoms with van der Waals surface area (Å²) in [5.74, 6) is 0.417. The van der Waals surface area contributed by atoms with Gasteiger partial charge in [-0.2, -0.15) is 0 Å². The zero-order valence-electron chi connectivity index (χ0n) is 14.2. The van der Waals surface area contributed by atoms with Crippen LogP contribution in [0.3, 0.4) is 0 Å². The van der Waals surface area contributed by atoms with E-state index in [1.807, 2.05) is 13.0 Å². The summed E-state index contributed by atoms with van der Waals surface area (Å²) in [6.07, 6.45) is 4.35. The second-order valence-electron chi connectivity index (χ2n) is 7.48. The summed E-state index contributed by atoms with van der Waals surface area (Å²) in [5, 5.41) is 17.9. The third-order valence-corrected chi connectivity index (χ3v) is 6.30. The molecule has 1 aromatic rings. The molecular formula is C19H26N2O3. The molecule has 1 unspecified atom stereocenters. The van der Waals surface area contributed by atoms with Crippen molar-refractivity contribution in [1.82, 2.24) is 10.6 Å². The highest BCUT2D eigenvalue weighted by molar-refractivity contribution is 5.93. The van der Waals surface area contributed by atoms with Gasteiger partial charge in [0.15, 0.2) is 0 Å². The molecule has 1 aliphatic carbocycles. The maximum absolute atomic E-state index is 11.6. The quantitative estimate of drug-likeness (QED) is 0.719. The molecule has 0 bridgehead atoms. The smallest absolute Gasteiger partial charge is 0.338 e. The predicted molar refractivity (Wildman–Crippen MR) is 90.8 cm³/mol. The number of aliphatic hydroxyl groups is 1. The molecule has 130 valence electrons. The molecule has 2 fully saturated rings. The molecule has 3 N–H and O–H groups in total. The van der Waals surface area contributed by atoms with Crippen molar-refractivity contribution in [3.8, 4) is 0 Å².